The molecule has 214 valence electrons. The van der Waals surface area contributed by atoms with Gasteiger partial charge in [0.05, 0.1) is 30.6 Å². The van der Waals surface area contributed by atoms with Crippen molar-refractivity contribution in [3.05, 3.63) is 83.8 Å². The van der Waals surface area contributed by atoms with Crippen LogP contribution in [0.15, 0.2) is 71.9 Å². The van der Waals surface area contributed by atoms with E-state index in [0.29, 0.717) is 40.8 Å². The summed E-state index contributed by atoms with van der Waals surface area (Å²) in [5, 5.41) is 28.3. The number of hydrogen-bond acceptors (Lipinski definition) is 6. The van der Waals surface area contributed by atoms with Crippen molar-refractivity contribution in [1.82, 2.24) is 20.4 Å². The zero-order chi connectivity index (χ0) is 29.6. The van der Waals surface area contributed by atoms with Gasteiger partial charge in [0.1, 0.15) is 23.2 Å². The molecule has 4 aromatic rings. The fraction of sp³-hybridized carbons (Fsp3) is 0.290. The fourth-order valence-electron chi connectivity index (χ4n) is 3.98. The van der Waals surface area contributed by atoms with E-state index in [4.69, 9.17) is 10.1 Å². The Labute approximate surface area is 238 Å². The molecule has 0 aliphatic rings. The number of carbonyl (C=O) groups is 1. The number of urea groups is 1. The summed E-state index contributed by atoms with van der Waals surface area (Å²) in [6.07, 6.45) is 1.85. The van der Waals surface area contributed by atoms with E-state index in [0.717, 1.165) is 16.5 Å². The number of hydrogen-bond donors (Lipinski definition) is 4. The molecule has 41 heavy (non-hydrogen) atoms. The van der Waals surface area contributed by atoms with Crippen LogP contribution in [0.25, 0.3) is 10.9 Å². The highest BCUT2D eigenvalue weighted by Gasteiger charge is 2.20. The molecule has 1 aromatic heterocycles. The molecule has 1 heterocycles. The minimum absolute atomic E-state index is 0.00979. The van der Waals surface area contributed by atoms with E-state index in [1.54, 1.807) is 16.9 Å². The van der Waals surface area contributed by atoms with Crippen molar-refractivity contribution in [2.45, 2.75) is 47.2 Å². The minimum Gasteiger partial charge on any atom is -0.457 e. The summed E-state index contributed by atoms with van der Waals surface area (Å²) in [7, 11) is 0. The Balaban J connectivity index is 1.48. The number of aromatic nitrogens is 2. The third-order valence-electron chi connectivity index (χ3n) is 6.42. The molecule has 10 heteroatoms. The number of aliphatic hydroxyl groups is 1. The van der Waals surface area contributed by atoms with Gasteiger partial charge in [-0.3, -0.25) is 10.00 Å². The number of fused-ring (bicyclic) bond motifs is 1. The maximum absolute atomic E-state index is 14.2. The van der Waals surface area contributed by atoms with E-state index in [9.17, 15) is 14.3 Å². The monoisotopic (exact) mass is 558 g/mol. The first kappa shape index (κ1) is 29.4. The average molecular weight is 559 g/mol. The van der Waals surface area contributed by atoms with Gasteiger partial charge in [0.15, 0.2) is 0 Å². The number of nitrogens with one attached hydrogen (secondary N) is 3. The topological polar surface area (TPSA) is 125 Å². The number of benzene rings is 3. The van der Waals surface area contributed by atoms with Crippen LogP contribution >= 0.6 is 0 Å². The van der Waals surface area contributed by atoms with Gasteiger partial charge in [0, 0.05) is 29.6 Å². The first-order chi connectivity index (χ1) is 19.5. The van der Waals surface area contributed by atoms with E-state index < -0.39 is 11.8 Å². The summed E-state index contributed by atoms with van der Waals surface area (Å²) in [6, 6.07) is 16.5. The number of aliphatic imine (C=N–C) groups is 1. The Morgan fingerprint density at radius 2 is 1.88 bits per heavy atom. The molecular weight excluding hydrogens is 523 g/mol. The Morgan fingerprint density at radius 1 is 1.12 bits per heavy atom. The molecule has 0 aliphatic heterocycles. The van der Waals surface area contributed by atoms with E-state index in [1.807, 2.05) is 64.1 Å². The van der Waals surface area contributed by atoms with Crippen LogP contribution in [0.2, 0.25) is 0 Å². The third-order valence-corrected chi connectivity index (χ3v) is 6.42. The van der Waals surface area contributed by atoms with E-state index >= 15 is 0 Å². The highest BCUT2D eigenvalue weighted by atomic mass is 19.1. The van der Waals surface area contributed by atoms with Gasteiger partial charge in [-0.1, -0.05) is 38.5 Å². The lowest BCUT2D eigenvalue weighted by Gasteiger charge is -2.21. The fourth-order valence-corrected chi connectivity index (χ4v) is 3.98. The highest BCUT2D eigenvalue weighted by molar-refractivity contribution is 6.09. The van der Waals surface area contributed by atoms with E-state index in [2.05, 4.69) is 20.7 Å². The van der Waals surface area contributed by atoms with Crippen molar-refractivity contribution in [2.24, 2.45) is 10.4 Å². The second-order valence-electron chi connectivity index (χ2n) is 10.8. The third kappa shape index (κ3) is 7.98. The number of aliphatic hydroxyl groups excluding tert-OH is 1. The molecule has 0 saturated heterocycles. The van der Waals surface area contributed by atoms with Crippen molar-refractivity contribution < 1.29 is 19.0 Å². The summed E-state index contributed by atoms with van der Waals surface area (Å²) in [5.41, 5.74) is 3.07. The zero-order valence-electron chi connectivity index (χ0n) is 23.7. The standard InChI is InChI=1S/C31H35FN6O3/c1-20-5-8-24(9-6-20)36-29(17-28(33)31(2,3)4)37-30(40)34-18-22-15-23(32)7-12-27(22)41-25-10-11-26-21(16-25)19-35-38(26)13-14-39/h5-12,15-16,19,33,39H,13-14,17-18H2,1-4H3,(H2,34,36,37,40). The first-order valence-electron chi connectivity index (χ1n) is 13.3. The largest absolute Gasteiger partial charge is 0.457 e. The molecule has 0 aliphatic carbocycles. The van der Waals surface area contributed by atoms with Crippen LogP contribution in [0.1, 0.15) is 38.3 Å². The number of nitrogens with zero attached hydrogens (tertiary/aromatic N) is 3. The number of ether oxygens (including phenoxy) is 1. The minimum atomic E-state index is -0.537. The van der Waals surface area contributed by atoms with Crippen LogP contribution in [0.5, 0.6) is 11.5 Å². The number of amides is 2. The van der Waals surface area contributed by atoms with Crippen LogP contribution in [0, 0.1) is 23.6 Å². The van der Waals surface area contributed by atoms with Gasteiger partial charge in [0.25, 0.3) is 0 Å². The van der Waals surface area contributed by atoms with Crippen molar-refractivity contribution in [3.8, 4) is 11.5 Å². The molecule has 0 radical (unpaired) electrons. The second-order valence-corrected chi connectivity index (χ2v) is 10.8. The van der Waals surface area contributed by atoms with Gasteiger partial charge >= 0.3 is 6.03 Å². The SMILES string of the molecule is Cc1ccc(N=C(CC(=N)C(C)(C)C)NC(=O)NCc2cc(F)ccc2Oc2ccc3c(cnn3CCO)c2)cc1. The lowest BCUT2D eigenvalue weighted by Crippen LogP contribution is -2.41. The van der Waals surface area contributed by atoms with Crippen LogP contribution in [0.4, 0.5) is 14.9 Å². The van der Waals surface area contributed by atoms with Crippen molar-refractivity contribution in [1.29, 1.82) is 5.41 Å². The van der Waals surface area contributed by atoms with Crippen molar-refractivity contribution in [3.63, 3.8) is 0 Å². The van der Waals surface area contributed by atoms with Crippen LogP contribution in [-0.2, 0) is 13.1 Å². The maximum atomic E-state index is 14.2. The Kier molecular flexibility index (Phi) is 9.14. The van der Waals surface area contributed by atoms with Gasteiger partial charge in [-0.05, 0) is 60.9 Å². The van der Waals surface area contributed by atoms with Gasteiger partial charge in [-0.25, -0.2) is 14.2 Å². The number of amidine groups is 1. The Morgan fingerprint density at radius 3 is 2.59 bits per heavy atom. The quantitative estimate of drug-likeness (QED) is 0.143. The molecule has 0 atom stereocenters. The normalized spacial score (nSPS) is 11.9. The van der Waals surface area contributed by atoms with Crippen LogP contribution < -0.4 is 15.4 Å². The molecule has 4 rings (SSSR count). The second kappa shape index (κ2) is 12.7. The maximum Gasteiger partial charge on any atom is 0.320 e. The first-order valence-corrected chi connectivity index (χ1v) is 13.3. The molecular formula is C31H35FN6O3. The summed E-state index contributed by atoms with van der Waals surface area (Å²) in [6.45, 7) is 8.13. The van der Waals surface area contributed by atoms with Crippen molar-refractivity contribution in [2.75, 3.05) is 6.61 Å². The number of aryl methyl sites for hydroxylation is 1. The lowest BCUT2D eigenvalue weighted by molar-refractivity contribution is 0.244. The van der Waals surface area contributed by atoms with Crippen molar-refractivity contribution >= 4 is 34.2 Å². The van der Waals surface area contributed by atoms with Crippen LogP contribution in [0.3, 0.4) is 0 Å². The zero-order valence-corrected chi connectivity index (χ0v) is 23.7. The summed E-state index contributed by atoms with van der Waals surface area (Å²) in [4.78, 5) is 17.5. The molecule has 9 nitrogen and oxygen atoms in total. The summed E-state index contributed by atoms with van der Waals surface area (Å²) in [5.74, 6) is 0.774. The van der Waals surface area contributed by atoms with Gasteiger partial charge in [-0.15, -0.1) is 0 Å². The number of carbonyl (C=O) groups excluding carboxylic acids is 1. The Hall–Kier alpha value is -4.57. The van der Waals surface area contributed by atoms with Gasteiger partial charge in [-0.2, -0.15) is 5.10 Å². The predicted molar refractivity (Wildman–Crippen MR) is 159 cm³/mol. The number of rotatable bonds is 9. The molecule has 0 bridgehead atoms. The lowest BCUT2D eigenvalue weighted by atomic mass is 9.88. The molecule has 0 saturated carbocycles. The molecule has 0 fully saturated rings. The molecule has 2 amide bonds. The van der Waals surface area contributed by atoms with Crippen LogP contribution in [-0.4, -0.2) is 39.1 Å². The summed E-state index contributed by atoms with van der Waals surface area (Å²) >= 11 is 0. The predicted octanol–water partition coefficient (Wildman–Crippen LogP) is 6.25. The van der Waals surface area contributed by atoms with Gasteiger partial charge < -0.3 is 20.6 Å². The average Bonchev–Trinajstić information content (AvgIpc) is 3.31. The summed E-state index contributed by atoms with van der Waals surface area (Å²) < 4.78 is 21.9. The smallest absolute Gasteiger partial charge is 0.320 e. The van der Waals surface area contributed by atoms with E-state index in [1.165, 1.54) is 18.2 Å². The molecule has 3 aromatic carbocycles. The Bertz CT molecular complexity index is 1570. The highest BCUT2D eigenvalue weighted by Crippen LogP contribution is 2.29. The number of halogens is 1. The molecule has 0 spiro atoms. The molecule has 4 N–H and O–H groups in total. The molecule has 0 unspecified atom stereocenters. The van der Waals surface area contributed by atoms with E-state index in [-0.39, 0.29) is 25.0 Å². The van der Waals surface area contributed by atoms with Gasteiger partial charge in [0.2, 0.25) is 0 Å².